The summed E-state index contributed by atoms with van der Waals surface area (Å²) in [6, 6.07) is 16.2. The maximum absolute atomic E-state index is 12.1. The Labute approximate surface area is 160 Å². The highest BCUT2D eigenvalue weighted by atomic mass is 16.6. The summed E-state index contributed by atoms with van der Waals surface area (Å²) in [7, 11) is 0. The second kappa shape index (κ2) is 8.63. The van der Waals surface area contributed by atoms with E-state index in [1.165, 1.54) is 12.3 Å². The third-order valence-electron chi connectivity index (χ3n) is 3.78. The number of rotatable bonds is 7. The Balaban J connectivity index is 1.66. The van der Waals surface area contributed by atoms with Crippen molar-refractivity contribution in [2.24, 2.45) is 5.10 Å². The van der Waals surface area contributed by atoms with E-state index < -0.39 is 4.92 Å². The summed E-state index contributed by atoms with van der Waals surface area (Å²) < 4.78 is 10.9. The molecule has 3 rings (SSSR count). The number of hydrazone groups is 1. The van der Waals surface area contributed by atoms with E-state index >= 15 is 0 Å². The van der Waals surface area contributed by atoms with Gasteiger partial charge in [0.25, 0.3) is 11.6 Å². The van der Waals surface area contributed by atoms with E-state index in [2.05, 4.69) is 10.5 Å². The zero-order chi connectivity index (χ0) is 19.9. The van der Waals surface area contributed by atoms with E-state index in [1.54, 1.807) is 54.6 Å². The van der Waals surface area contributed by atoms with E-state index in [0.717, 1.165) is 0 Å². The van der Waals surface area contributed by atoms with Crippen molar-refractivity contribution in [2.45, 2.75) is 6.92 Å². The number of nitro benzene ring substituents is 1. The second-order valence-corrected chi connectivity index (χ2v) is 5.63. The summed E-state index contributed by atoms with van der Waals surface area (Å²) in [5.74, 6) is 0.984. The highest BCUT2D eigenvalue weighted by Crippen LogP contribution is 2.30. The Bertz CT molecular complexity index is 1010. The molecule has 0 fully saturated rings. The van der Waals surface area contributed by atoms with Gasteiger partial charge in [-0.3, -0.25) is 14.9 Å². The number of nitrogens with zero attached hydrogens (tertiary/aromatic N) is 2. The van der Waals surface area contributed by atoms with Gasteiger partial charge >= 0.3 is 0 Å². The maximum Gasteiger partial charge on any atom is 0.280 e. The van der Waals surface area contributed by atoms with E-state index in [1.807, 2.05) is 6.92 Å². The first kappa shape index (κ1) is 18.8. The normalized spacial score (nSPS) is 10.8. The number of carbonyl (C=O) groups excluding carboxylic acids is 1. The molecule has 0 spiro atoms. The van der Waals surface area contributed by atoms with Gasteiger partial charge in [-0.25, -0.2) is 5.43 Å². The lowest BCUT2D eigenvalue weighted by molar-refractivity contribution is -0.384. The van der Waals surface area contributed by atoms with Crippen molar-refractivity contribution in [3.63, 3.8) is 0 Å². The molecule has 1 amide bonds. The van der Waals surface area contributed by atoms with Crippen molar-refractivity contribution in [2.75, 3.05) is 6.61 Å². The minimum Gasteiger partial charge on any atom is -0.494 e. The van der Waals surface area contributed by atoms with Crippen LogP contribution < -0.4 is 10.2 Å². The molecule has 8 nitrogen and oxygen atoms in total. The minimum atomic E-state index is -0.470. The predicted octanol–water partition coefficient (Wildman–Crippen LogP) is 4.02. The Morgan fingerprint density at radius 2 is 1.93 bits per heavy atom. The van der Waals surface area contributed by atoms with Gasteiger partial charge in [-0.1, -0.05) is 12.1 Å². The maximum atomic E-state index is 12.1. The molecule has 0 saturated carbocycles. The first-order valence-corrected chi connectivity index (χ1v) is 8.48. The fourth-order valence-electron chi connectivity index (χ4n) is 2.50. The summed E-state index contributed by atoms with van der Waals surface area (Å²) in [5.41, 5.74) is 3.14. The van der Waals surface area contributed by atoms with Gasteiger partial charge in [0, 0.05) is 11.6 Å². The molecular formula is C20H17N3O5. The zero-order valence-electron chi connectivity index (χ0n) is 15.0. The van der Waals surface area contributed by atoms with Gasteiger partial charge in [0.1, 0.15) is 17.3 Å². The number of furan rings is 1. The van der Waals surface area contributed by atoms with Crippen LogP contribution in [0.15, 0.2) is 70.2 Å². The Morgan fingerprint density at radius 1 is 1.18 bits per heavy atom. The number of nitrogens with one attached hydrogen (secondary N) is 1. The standard InChI is InChI=1S/C20H17N3O5/c1-2-27-15-9-7-14(8-10-15)20(24)22-21-13-16-11-12-19(28-16)17-5-3-4-6-18(17)23(25)26/h3-13H,2H2,1H3,(H,22,24)/b21-13-. The zero-order valence-corrected chi connectivity index (χ0v) is 15.0. The fourth-order valence-corrected chi connectivity index (χ4v) is 2.50. The third-order valence-corrected chi connectivity index (χ3v) is 3.78. The van der Waals surface area contributed by atoms with E-state index in [9.17, 15) is 14.9 Å². The second-order valence-electron chi connectivity index (χ2n) is 5.63. The number of para-hydroxylation sites is 1. The highest BCUT2D eigenvalue weighted by Gasteiger charge is 2.16. The summed E-state index contributed by atoms with van der Waals surface area (Å²) in [5, 5.41) is 15.0. The molecular weight excluding hydrogens is 362 g/mol. The molecule has 0 saturated heterocycles. The first-order valence-electron chi connectivity index (χ1n) is 8.48. The van der Waals surface area contributed by atoms with Crippen molar-refractivity contribution in [3.05, 3.63) is 82.1 Å². The van der Waals surface area contributed by atoms with Crippen molar-refractivity contribution < 1.29 is 18.9 Å². The Hall–Kier alpha value is -3.94. The largest absolute Gasteiger partial charge is 0.494 e. The van der Waals surface area contributed by atoms with E-state index in [-0.39, 0.29) is 11.6 Å². The molecule has 28 heavy (non-hydrogen) atoms. The fraction of sp³-hybridized carbons (Fsp3) is 0.100. The van der Waals surface area contributed by atoms with Crippen LogP contribution in [0.4, 0.5) is 5.69 Å². The van der Waals surface area contributed by atoms with Gasteiger partial charge in [0.15, 0.2) is 0 Å². The van der Waals surface area contributed by atoms with Crippen LogP contribution in [0.25, 0.3) is 11.3 Å². The molecule has 0 radical (unpaired) electrons. The average molecular weight is 379 g/mol. The number of nitro groups is 1. The van der Waals surface area contributed by atoms with Crippen LogP contribution in [0.1, 0.15) is 23.0 Å². The quantitative estimate of drug-likeness (QED) is 0.379. The molecule has 2 aromatic carbocycles. The van der Waals surface area contributed by atoms with Crippen LogP contribution in [0.5, 0.6) is 5.75 Å². The number of amides is 1. The van der Waals surface area contributed by atoms with Gasteiger partial charge in [-0.05, 0) is 49.4 Å². The number of hydrogen-bond donors (Lipinski definition) is 1. The lowest BCUT2D eigenvalue weighted by Gasteiger charge is -2.03. The Morgan fingerprint density at radius 3 is 2.64 bits per heavy atom. The van der Waals surface area contributed by atoms with Crippen LogP contribution in [-0.2, 0) is 0 Å². The topological polar surface area (TPSA) is 107 Å². The van der Waals surface area contributed by atoms with Crippen molar-refractivity contribution in [1.29, 1.82) is 0 Å². The lowest BCUT2D eigenvalue weighted by Crippen LogP contribution is -2.17. The van der Waals surface area contributed by atoms with Gasteiger partial charge in [-0.15, -0.1) is 0 Å². The average Bonchev–Trinajstić information content (AvgIpc) is 3.17. The molecule has 1 N–H and O–H groups in total. The van der Waals surface area contributed by atoms with Gasteiger partial charge in [-0.2, -0.15) is 5.10 Å². The molecule has 8 heteroatoms. The summed E-state index contributed by atoms with van der Waals surface area (Å²) in [6.07, 6.45) is 1.32. The smallest absolute Gasteiger partial charge is 0.280 e. The molecule has 0 bridgehead atoms. The molecule has 1 aromatic heterocycles. The highest BCUT2D eigenvalue weighted by molar-refractivity contribution is 5.94. The minimum absolute atomic E-state index is 0.0517. The van der Waals surface area contributed by atoms with Crippen LogP contribution >= 0.6 is 0 Å². The lowest BCUT2D eigenvalue weighted by atomic mass is 10.1. The predicted molar refractivity (Wildman–Crippen MR) is 103 cm³/mol. The van der Waals surface area contributed by atoms with Gasteiger partial charge < -0.3 is 9.15 Å². The molecule has 3 aromatic rings. The summed E-state index contributed by atoms with van der Waals surface area (Å²) in [6.45, 7) is 2.43. The first-order chi connectivity index (χ1) is 13.6. The molecule has 0 aliphatic heterocycles. The molecule has 142 valence electrons. The summed E-state index contributed by atoms with van der Waals surface area (Å²) in [4.78, 5) is 22.7. The van der Waals surface area contributed by atoms with Gasteiger partial charge in [0.2, 0.25) is 0 Å². The van der Waals surface area contributed by atoms with Crippen molar-refractivity contribution in [3.8, 4) is 17.1 Å². The SMILES string of the molecule is CCOc1ccc(C(=O)N/N=C\c2ccc(-c3ccccc3[N+](=O)[O-])o2)cc1. The molecule has 0 aliphatic rings. The van der Waals surface area contributed by atoms with Crippen molar-refractivity contribution >= 4 is 17.8 Å². The van der Waals surface area contributed by atoms with E-state index in [4.69, 9.17) is 9.15 Å². The molecule has 0 unspecified atom stereocenters. The number of carbonyl (C=O) groups is 1. The van der Waals surface area contributed by atoms with Crippen molar-refractivity contribution in [1.82, 2.24) is 5.43 Å². The number of hydrogen-bond acceptors (Lipinski definition) is 6. The molecule has 0 atom stereocenters. The van der Waals surface area contributed by atoms with Crippen LogP contribution in [0.2, 0.25) is 0 Å². The molecule has 1 heterocycles. The monoisotopic (exact) mass is 379 g/mol. The third kappa shape index (κ3) is 4.42. The summed E-state index contributed by atoms with van der Waals surface area (Å²) >= 11 is 0. The van der Waals surface area contributed by atoms with Crippen LogP contribution in [0.3, 0.4) is 0 Å². The molecule has 0 aliphatic carbocycles. The van der Waals surface area contributed by atoms with Crippen LogP contribution in [0, 0.1) is 10.1 Å². The number of benzene rings is 2. The van der Waals surface area contributed by atoms with Gasteiger partial charge in [0.05, 0.1) is 23.3 Å². The van der Waals surface area contributed by atoms with Crippen LogP contribution in [-0.4, -0.2) is 23.7 Å². The number of ether oxygens (including phenoxy) is 1. The van der Waals surface area contributed by atoms with E-state index in [0.29, 0.717) is 35.0 Å². The Kier molecular flexibility index (Phi) is 5.81.